The van der Waals surface area contributed by atoms with Crippen molar-refractivity contribution >= 4 is 11.8 Å². The van der Waals surface area contributed by atoms with E-state index in [1.54, 1.807) is 4.68 Å². The number of aromatic nitrogens is 2. The Morgan fingerprint density at radius 3 is 2.68 bits per heavy atom. The number of carbonyl (C=O) groups excluding carboxylic acids is 2. The van der Waals surface area contributed by atoms with E-state index in [1.807, 2.05) is 19.4 Å². The summed E-state index contributed by atoms with van der Waals surface area (Å²) >= 11 is 0. The van der Waals surface area contributed by atoms with Gasteiger partial charge in [0, 0.05) is 38.4 Å². The number of rotatable bonds is 6. The van der Waals surface area contributed by atoms with E-state index < -0.39 is 0 Å². The lowest BCUT2D eigenvalue weighted by atomic mass is 9.85. The largest absolute Gasteiger partial charge is 0.368 e. The minimum Gasteiger partial charge on any atom is -0.368 e. The minimum atomic E-state index is -0.270. The van der Waals surface area contributed by atoms with E-state index in [0.29, 0.717) is 13.2 Å². The summed E-state index contributed by atoms with van der Waals surface area (Å²) in [5, 5.41) is 10.2. The van der Waals surface area contributed by atoms with Crippen molar-refractivity contribution in [3.63, 3.8) is 0 Å². The van der Waals surface area contributed by atoms with Gasteiger partial charge in [-0.25, -0.2) is 0 Å². The second-order valence-electron chi connectivity index (χ2n) is 7.12. The van der Waals surface area contributed by atoms with E-state index in [4.69, 9.17) is 4.74 Å². The topological polar surface area (TPSA) is 85.2 Å². The summed E-state index contributed by atoms with van der Waals surface area (Å²) in [6.07, 6.45) is 9.48. The van der Waals surface area contributed by atoms with Crippen molar-refractivity contribution in [3.8, 4) is 0 Å². The Morgan fingerprint density at radius 1 is 1.24 bits per heavy atom. The molecule has 25 heavy (non-hydrogen) atoms. The van der Waals surface area contributed by atoms with Crippen molar-refractivity contribution in [3.05, 3.63) is 18.0 Å². The highest BCUT2D eigenvalue weighted by Crippen LogP contribution is 2.25. The van der Waals surface area contributed by atoms with Crippen molar-refractivity contribution in [2.24, 2.45) is 13.0 Å². The van der Waals surface area contributed by atoms with Gasteiger partial charge in [-0.3, -0.25) is 14.3 Å². The number of hydrogen-bond acceptors (Lipinski definition) is 4. The van der Waals surface area contributed by atoms with Crippen LogP contribution in [0.1, 0.15) is 44.1 Å². The van der Waals surface area contributed by atoms with E-state index >= 15 is 0 Å². The molecule has 0 bridgehead atoms. The van der Waals surface area contributed by atoms with Crippen LogP contribution in [-0.4, -0.2) is 46.9 Å². The van der Waals surface area contributed by atoms with Crippen molar-refractivity contribution in [2.75, 3.05) is 13.2 Å². The van der Waals surface area contributed by atoms with Crippen LogP contribution in [-0.2, 0) is 27.8 Å². The number of nitrogens with one attached hydrogen (secondary N) is 2. The Hall–Kier alpha value is -1.89. The zero-order chi connectivity index (χ0) is 17.6. The zero-order valence-corrected chi connectivity index (χ0v) is 14.9. The maximum atomic E-state index is 12.3. The number of hydrogen-bond donors (Lipinski definition) is 2. The fraction of sp³-hybridized carbons (Fsp3) is 0.722. The molecule has 1 aliphatic carbocycles. The summed E-state index contributed by atoms with van der Waals surface area (Å²) in [6, 6.07) is 0.177. The van der Waals surface area contributed by atoms with Crippen LogP contribution >= 0.6 is 0 Å². The molecule has 1 aromatic heterocycles. The molecule has 2 amide bonds. The van der Waals surface area contributed by atoms with Crippen LogP contribution in [0.15, 0.2) is 12.4 Å². The number of amides is 2. The predicted octanol–water partition coefficient (Wildman–Crippen LogP) is 0.933. The van der Waals surface area contributed by atoms with Crippen molar-refractivity contribution in [1.29, 1.82) is 0 Å². The van der Waals surface area contributed by atoms with Gasteiger partial charge in [-0.2, -0.15) is 5.10 Å². The van der Waals surface area contributed by atoms with Crippen LogP contribution in [0, 0.1) is 5.92 Å². The third kappa shape index (κ3) is 5.04. The first-order valence-corrected chi connectivity index (χ1v) is 9.29. The van der Waals surface area contributed by atoms with E-state index in [1.165, 1.54) is 0 Å². The molecule has 2 N–H and O–H groups in total. The van der Waals surface area contributed by atoms with Crippen molar-refractivity contribution in [1.82, 2.24) is 20.4 Å². The lowest BCUT2D eigenvalue weighted by Crippen LogP contribution is -2.44. The van der Waals surface area contributed by atoms with E-state index in [9.17, 15) is 9.59 Å². The average Bonchev–Trinajstić information content (AvgIpc) is 3.27. The van der Waals surface area contributed by atoms with Gasteiger partial charge in [-0.15, -0.1) is 0 Å². The van der Waals surface area contributed by atoms with E-state index in [2.05, 4.69) is 15.7 Å². The summed E-state index contributed by atoms with van der Waals surface area (Å²) in [4.78, 5) is 24.4. The smallest absolute Gasteiger partial charge is 0.249 e. The van der Waals surface area contributed by atoms with Crippen LogP contribution in [0.3, 0.4) is 0 Å². The fourth-order valence-corrected chi connectivity index (χ4v) is 3.65. The molecule has 1 atom stereocenters. The predicted molar refractivity (Wildman–Crippen MR) is 92.8 cm³/mol. The molecule has 0 aromatic carbocycles. The van der Waals surface area contributed by atoms with Gasteiger partial charge in [0.2, 0.25) is 11.8 Å². The first-order chi connectivity index (χ1) is 12.1. The van der Waals surface area contributed by atoms with Gasteiger partial charge in [0.1, 0.15) is 6.10 Å². The number of nitrogens with zero attached hydrogens (tertiary/aromatic N) is 2. The maximum Gasteiger partial charge on any atom is 0.249 e. The molecule has 1 saturated heterocycles. The number of aryl methyl sites for hydroxylation is 1. The first kappa shape index (κ1) is 17.9. The monoisotopic (exact) mass is 348 g/mol. The van der Waals surface area contributed by atoms with Crippen LogP contribution in [0.2, 0.25) is 0 Å². The number of carbonyl (C=O) groups is 2. The molecule has 2 fully saturated rings. The molecule has 7 heteroatoms. The van der Waals surface area contributed by atoms with Gasteiger partial charge in [0.25, 0.3) is 0 Å². The Labute approximate surface area is 148 Å². The van der Waals surface area contributed by atoms with E-state index in [0.717, 1.165) is 50.5 Å². The molecule has 3 rings (SSSR count). The Kier molecular flexibility index (Phi) is 6.07. The SMILES string of the molecule is Cn1cc(CCNC(=O)C2CCC(NC(=O)C3CCCO3)CC2)cn1. The molecule has 2 heterocycles. The van der Waals surface area contributed by atoms with Gasteiger partial charge < -0.3 is 15.4 Å². The Morgan fingerprint density at radius 2 is 2.04 bits per heavy atom. The molecule has 1 aromatic rings. The lowest BCUT2D eigenvalue weighted by molar-refractivity contribution is -0.131. The second-order valence-corrected chi connectivity index (χ2v) is 7.12. The summed E-state index contributed by atoms with van der Waals surface area (Å²) in [7, 11) is 1.89. The van der Waals surface area contributed by atoms with Gasteiger partial charge in [0.15, 0.2) is 0 Å². The minimum absolute atomic E-state index is 0.0156. The highest BCUT2D eigenvalue weighted by molar-refractivity contribution is 5.81. The zero-order valence-electron chi connectivity index (χ0n) is 14.9. The number of ether oxygens (including phenoxy) is 1. The van der Waals surface area contributed by atoms with Crippen molar-refractivity contribution < 1.29 is 14.3 Å². The maximum absolute atomic E-state index is 12.3. The van der Waals surface area contributed by atoms with Crippen LogP contribution in [0.25, 0.3) is 0 Å². The van der Waals surface area contributed by atoms with Crippen LogP contribution in [0.5, 0.6) is 0 Å². The Bertz CT molecular complexity index is 587. The lowest BCUT2D eigenvalue weighted by Gasteiger charge is -2.29. The molecule has 0 spiro atoms. The van der Waals surface area contributed by atoms with Gasteiger partial charge >= 0.3 is 0 Å². The van der Waals surface area contributed by atoms with Gasteiger partial charge in [-0.1, -0.05) is 0 Å². The fourth-order valence-electron chi connectivity index (χ4n) is 3.65. The summed E-state index contributed by atoms with van der Waals surface area (Å²) in [6.45, 7) is 1.32. The molecule has 7 nitrogen and oxygen atoms in total. The quantitative estimate of drug-likeness (QED) is 0.801. The van der Waals surface area contributed by atoms with Gasteiger partial charge in [-0.05, 0) is 50.5 Å². The summed E-state index contributed by atoms with van der Waals surface area (Å²) in [5.74, 6) is 0.208. The van der Waals surface area contributed by atoms with Crippen molar-refractivity contribution in [2.45, 2.75) is 57.1 Å². The van der Waals surface area contributed by atoms with Crippen LogP contribution < -0.4 is 10.6 Å². The standard InChI is InChI=1S/C18H28N4O3/c1-22-12-13(11-20-22)8-9-19-17(23)14-4-6-15(7-5-14)21-18(24)16-3-2-10-25-16/h11-12,14-16H,2-10H2,1H3,(H,19,23)(H,21,24). The van der Waals surface area contributed by atoms with Crippen LogP contribution in [0.4, 0.5) is 0 Å². The third-order valence-corrected chi connectivity index (χ3v) is 5.14. The average molecular weight is 348 g/mol. The van der Waals surface area contributed by atoms with E-state index in [-0.39, 0.29) is 29.9 Å². The molecule has 1 unspecified atom stereocenters. The highest BCUT2D eigenvalue weighted by atomic mass is 16.5. The summed E-state index contributed by atoms with van der Waals surface area (Å²) < 4.78 is 7.18. The third-order valence-electron chi connectivity index (χ3n) is 5.14. The molecule has 1 aliphatic heterocycles. The normalized spacial score (nSPS) is 26.4. The molecule has 0 radical (unpaired) electrons. The molecule has 2 aliphatic rings. The highest BCUT2D eigenvalue weighted by Gasteiger charge is 2.30. The second kappa shape index (κ2) is 8.47. The molecule has 138 valence electrons. The Balaban J connectivity index is 1.33. The molecular weight excluding hydrogens is 320 g/mol. The first-order valence-electron chi connectivity index (χ1n) is 9.29. The molecule has 1 saturated carbocycles. The molecular formula is C18H28N4O3. The van der Waals surface area contributed by atoms with Gasteiger partial charge in [0.05, 0.1) is 6.20 Å². The summed E-state index contributed by atoms with van der Waals surface area (Å²) in [5.41, 5.74) is 1.13.